The van der Waals surface area contributed by atoms with Gasteiger partial charge in [0, 0.05) is 25.7 Å². The molecule has 0 aliphatic carbocycles. The first-order valence-corrected chi connectivity index (χ1v) is 6.92. The van der Waals surface area contributed by atoms with Crippen molar-refractivity contribution in [1.82, 2.24) is 15.5 Å². The normalized spacial score (nSPS) is 19.3. The van der Waals surface area contributed by atoms with Gasteiger partial charge in [0.15, 0.2) is 0 Å². The van der Waals surface area contributed by atoms with Crippen LogP contribution in [0.1, 0.15) is 27.2 Å². The van der Waals surface area contributed by atoms with E-state index in [9.17, 15) is 9.59 Å². The van der Waals surface area contributed by atoms with Crippen molar-refractivity contribution in [2.45, 2.75) is 39.3 Å². The lowest BCUT2D eigenvalue weighted by Gasteiger charge is -2.26. The number of hydrogen-bond acceptors (Lipinski definition) is 4. The Morgan fingerprint density at radius 1 is 1.47 bits per heavy atom. The monoisotopic (exact) mass is 271 g/mol. The van der Waals surface area contributed by atoms with Gasteiger partial charge < -0.3 is 20.3 Å². The molecule has 1 fully saturated rings. The molecule has 0 radical (unpaired) electrons. The van der Waals surface area contributed by atoms with E-state index in [1.54, 1.807) is 4.90 Å². The Bertz CT molecular complexity index is 302. The van der Waals surface area contributed by atoms with E-state index >= 15 is 0 Å². The third-order valence-electron chi connectivity index (χ3n) is 2.93. The van der Waals surface area contributed by atoms with Crippen molar-refractivity contribution < 1.29 is 14.3 Å². The first kappa shape index (κ1) is 15.9. The second-order valence-electron chi connectivity index (χ2n) is 5.03. The average molecular weight is 271 g/mol. The summed E-state index contributed by atoms with van der Waals surface area (Å²) in [6.45, 7) is 8.49. The van der Waals surface area contributed by atoms with Gasteiger partial charge in [-0.05, 0) is 20.8 Å². The number of amides is 2. The number of carbonyl (C=O) groups excluding carboxylic acids is 2. The van der Waals surface area contributed by atoms with Crippen LogP contribution in [0.4, 0.5) is 0 Å². The van der Waals surface area contributed by atoms with E-state index in [0.29, 0.717) is 26.1 Å². The van der Waals surface area contributed by atoms with Crippen LogP contribution in [-0.4, -0.2) is 61.6 Å². The highest BCUT2D eigenvalue weighted by Crippen LogP contribution is 2.05. The predicted octanol–water partition coefficient (Wildman–Crippen LogP) is -0.262. The zero-order valence-electron chi connectivity index (χ0n) is 12.1. The van der Waals surface area contributed by atoms with Gasteiger partial charge in [0.25, 0.3) is 0 Å². The van der Waals surface area contributed by atoms with Crippen molar-refractivity contribution in [3.05, 3.63) is 0 Å². The molecule has 1 heterocycles. The van der Waals surface area contributed by atoms with Crippen molar-refractivity contribution in [2.24, 2.45) is 0 Å². The van der Waals surface area contributed by atoms with Gasteiger partial charge in [-0.3, -0.25) is 9.59 Å². The minimum atomic E-state index is -0.118. The number of ether oxygens (including phenoxy) is 1. The number of morpholine rings is 1. The molecule has 110 valence electrons. The molecule has 0 saturated carbocycles. The molecule has 2 amide bonds. The summed E-state index contributed by atoms with van der Waals surface area (Å²) < 4.78 is 5.50. The Labute approximate surface area is 114 Å². The van der Waals surface area contributed by atoms with Crippen molar-refractivity contribution in [1.29, 1.82) is 0 Å². The first-order valence-electron chi connectivity index (χ1n) is 6.92. The van der Waals surface area contributed by atoms with Crippen LogP contribution in [0.2, 0.25) is 0 Å². The largest absolute Gasteiger partial charge is 0.375 e. The van der Waals surface area contributed by atoms with Crippen LogP contribution in [0, 0.1) is 0 Å². The topological polar surface area (TPSA) is 70.7 Å². The summed E-state index contributed by atoms with van der Waals surface area (Å²) in [5.41, 5.74) is 0. The summed E-state index contributed by atoms with van der Waals surface area (Å²) in [4.78, 5) is 25.3. The van der Waals surface area contributed by atoms with Gasteiger partial charge in [0.05, 0.1) is 25.7 Å². The summed E-state index contributed by atoms with van der Waals surface area (Å²) in [6, 6.07) is 0.0900. The maximum Gasteiger partial charge on any atom is 0.239 e. The van der Waals surface area contributed by atoms with E-state index in [-0.39, 0.29) is 30.5 Å². The van der Waals surface area contributed by atoms with E-state index in [4.69, 9.17) is 4.74 Å². The van der Waals surface area contributed by atoms with E-state index in [0.717, 1.165) is 6.54 Å². The van der Waals surface area contributed by atoms with E-state index in [1.807, 2.05) is 20.8 Å². The summed E-state index contributed by atoms with van der Waals surface area (Å²) in [5.74, 6) is -0.150. The molecule has 6 nitrogen and oxygen atoms in total. The second-order valence-corrected chi connectivity index (χ2v) is 5.03. The number of carbonyl (C=O) groups is 2. The molecule has 1 aliphatic heterocycles. The van der Waals surface area contributed by atoms with Gasteiger partial charge in [0.1, 0.15) is 0 Å². The van der Waals surface area contributed by atoms with Crippen molar-refractivity contribution >= 4 is 11.8 Å². The number of rotatable bonds is 6. The summed E-state index contributed by atoms with van der Waals surface area (Å²) in [7, 11) is 0. The molecule has 0 aromatic rings. The smallest absolute Gasteiger partial charge is 0.239 e. The molecule has 19 heavy (non-hydrogen) atoms. The summed E-state index contributed by atoms with van der Waals surface area (Å²) >= 11 is 0. The Balaban J connectivity index is 2.39. The number of nitrogens with one attached hydrogen (secondary N) is 2. The predicted molar refractivity (Wildman–Crippen MR) is 72.8 cm³/mol. The Hall–Kier alpha value is -1.14. The van der Waals surface area contributed by atoms with Crippen LogP contribution in [0.25, 0.3) is 0 Å². The fraction of sp³-hybridized carbons (Fsp3) is 0.846. The zero-order valence-corrected chi connectivity index (χ0v) is 12.1. The highest BCUT2D eigenvalue weighted by molar-refractivity contribution is 5.85. The van der Waals surface area contributed by atoms with Crippen LogP contribution < -0.4 is 10.6 Å². The second kappa shape index (κ2) is 8.12. The van der Waals surface area contributed by atoms with Crippen molar-refractivity contribution in [3.63, 3.8) is 0 Å². The van der Waals surface area contributed by atoms with Gasteiger partial charge in [-0.25, -0.2) is 0 Å². The van der Waals surface area contributed by atoms with Gasteiger partial charge >= 0.3 is 0 Å². The van der Waals surface area contributed by atoms with Crippen LogP contribution in [-0.2, 0) is 14.3 Å². The van der Waals surface area contributed by atoms with Gasteiger partial charge in [-0.1, -0.05) is 0 Å². The Morgan fingerprint density at radius 2 is 2.21 bits per heavy atom. The molecule has 1 saturated heterocycles. The molecule has 1 unspecified atom stereocenters. The molecular formula is C13H25N3O3. The number of nitrogens with zero attached hydrogens (tertiary/aromatic N) is 1. The lowest BCUT2D eigenvalue weighted by molar-refractivity contribution is -0.138. The molecular weight excluding hydrogens is 246 g/mol. The molecule has 1 atom stereocenters. The molecule has 2 N–H and O–H groups in total. The Kier molecular flexibility index (Phi) is 6.80. The standard InChI is InChI=1S/C13H25N3O3/c1-4-16(9-12(17)15-10(2)3)13(18)7-11-8-14-5-6-19-11/h10-11,14H,4-9H2,1-3H3,(H,15,17). The SMILES string of the molecule is CCN(CC(=O)NC(C)C)C(=O)CC1CNCCO1. The minimum Gasteiger partial charge on any atom is -0.375 e. The van der Waals surface area contributed by atoms with Crippen LogP contribution >= 0.6 is 0 Å². The van der Waals surface area contributed by atoms with E-state index in [2.05, 4.69) is 10.6 Å². The average Bonchev–Trinajstić information content (AvgIpc) is 2.36. The summed E-state index contributed by atoms with van der Waals surface area (Å²) in [5, 5.41) is 5.98. The van der Waals surface area contributed by atoms with Crippen LogP contribution in [0.5, 0.6) is 0 Å². The van der Waals surface area contributed by atoms with Gasteiger partial charge in [-0.15, -0.1) is 0 Å². The fourth-order valence-corrected chi connectivity index (χ4v) is 1.99. The van der Waals surface area contributed by atoms with E-state index in [1.165, 1.54) is 0 Å². The van der Waals surface area contributed by atoms with Crippen molar-refractivity contribution in [2.75, 3.05) is 32.8 Å². The lowest BCUT2D eigenvalue weighted by Crippen LogP contribution is -2.46. The molecule has 0 bridgehead atoms. The van der Waals surface area contributed by atoms with Gasteiger partial charge in [0.2, 0.25) is 11.8 Å². The number of hydrogen-bond donors (Lipinski definition) is 2. The quantitative estimate of drug-likeness (QED) is 0.698. The van der Waals surface area contributed by atoms with Crippen LogP contribution in [0.15, 0.2) is 0 Å². The molecule has 1 aliphatic rings. The zero-order chi connectivity index (χ0) is 14.3. The van der Waals surface area contributed by atoms with Gasteiger partial charge in [-0.2, -0.15) is 0 Å². The lowest BCUT2D eigenvalue weighted by atomic mass is 10.2. The maximum absolute atomic E-state index is 12.1. The molecule has 0 aromatic carbocycles. The summed E-state index contributed by atoms with van der Waals surface area (Å²) in [6.07, 6.45) is 0.249. The fourth-order valence-electron chi connectivity index (χ4n) is 1.99. The van der Waals surface area contributed by atoms with Crippen molar-refractivity contribution in [3.8, 4) is 0 Å². The molecule has 0 aromatic heterocycles. The Morgan fingerprint density at radius 3 is 2.74 bits per heavy atom. The number of likely N-dealkylation sites (N-methyl/N-ethyl adjacent to an activating group) is 1. The molecule has 0 spiro atoms. The third kappa shape index (κ3) is 6.02. The maximum atomic E-state index is 12.1. The highest BCUT2D eigenvalue weighted by atomic mass is 16.5. The van der Waals surface area contributed by atoms with E-state index < -0.39 is 0 Å². The molecule has 6 heteroatoms. The van der Waals surface area contributed by atoms with Crippen LogP contribution in [0.3, 0.4) is 0 Å². The highest BCUT2D eigenvalue weighted by Gasteiger charge is 2.22. The minimum absolute atomic E-state index is 0.0323. The first-order chi connectivity index (χ1) is 9.02. The third-order valence-corrected chi connectivity index (χ3v) is 2.93. The molecule has 1 rings (SSSR count).